The van der Waals surface area contributed by atoms with E-state index < -0.39 is 32.5 Å². The number of ether oxygens (including phenoxy) is 1. The van der Waals surface area contributed by atoms with Gasteiger partial charge in [0, 0.05) is 38.0 Å². The van der Waals surface area contributed by atoms with Crippen molar-refractivity contribution in [3.8, 4) is 0 Å². The summed E-state index contributed by atoms with van der Waals surface area (Å²) in [5.74, 6) is -3.09. The fraction of sp³-hybridized carbons (Fsp3) is 0.600. The second-order valence-corrected chi connectivity index (χ2v) is 10.7. The zero-order valence-corrected chi connectivity index (χ0v) is 22.4. The molecule has 0 aromatic heterocycles. The standard InChI is InChI=1S/C25H39F2NO7Si/c1-4-33-36(34-5-2,35-6-3)17-11-15-28-25(31)32-16-10-8-7-9-12-21(24(29)30)18-20-13-14-22(26)23(27)19-20/h13-14,18-19H,4-12,15-17H2,1-3H3,(H,28,31)(H,29,30)/b21-18+. The summed E-state index contributed by atoms with van der Waals surface area (Å²) < 4.78 is 48.9. The molecule has 0 radical (unpaired) electrons. The van der Waals surface area contributed by atoms with E-state index in [1.54, 1.807) is 0 Å². The third-order valence-corrected chi connectivity index (χ3v) is 8.31. The molecule has 0 spiro atoms. The van der Waals surface area contributed by atoms with Gasteiger partial charge in [0.05, 0.1) is 6.61 Å². The SMILES string of the molecule is CCO[Si](CCCNC(=O)OCCCCCC/C(=C\c1ccc(F)c(F)c1)C(=O)O)(OCC)OCC. The minimum absolute atomic E-state index is 0.127. The monoisotopic (exact) mass is 531 g/mol. The molecule has 0 saturated carbocycles. The van der Waals surface area contributed by atoms with E-state index >= 15 is 0 Å². The Morgan fingerprint density at radius 1 is 0.944 bits per heavy atom. The molecule has 0 aliphatic heterocycles. The van der Waals surface area contributed by atoms with Crippen molar-refractivity contribution < 1.29 is 41.5 Å². The van der Waals surface area contributed by atoms with Crippen molar-refractivity contribution in [1.82, 2.24) is 5.32 Å². The molecule has 0 atom stereocenters. The highest BCUT2D eigenvalue weighted by molar-refractivity contribution is 6.60. The lowest BCUT2D eigenvalue weighted by atomic mass is 10.0. The van der Waals surface area contributed by atoms with E-state index in [1.807, 2.05) is 20.8 Å². The smallest absolute Gasteiger partial charge is 0.478 e. The number of nitrogens with one attached hydrogen (secondary N) is 1. The van der Waals surface area contributed by atoms with Crippen LogP contribution in [0.3, 0.4) is 0 Å². The van der Waals surface area contributed by atoms with Crippen LogP contribution in [0.2, 0.25) is 6.04 Å². The third kappa shape index (κ3) is 12.6. The van der Waals surface area contributed by atoms with Gasteiger partial charge in [0.25, 0.3) is 0 Å². The van der Waals surface area contributed by atoms with Crippen molar-refractivity contribution in [2.45, 2.75) is 65.3 Å². The summed E-state index contributed by atoms with van der Waals surface area (Å²) in [7, 11) is -2.72. The molecule has 0 fully saturated rings. The number of benzene rings is 1. The van der Waals surface area contributed by atoms with Crippen molar-refractivity contribution >= 4 is 26.9 Å². The number of halogens is 2. The van der Waals surface area contributed by atoms with Crippen molar-refractivity contribution in [1.29, 1.82) is 0 Å². The van der Waals surface area contributed by atoms with Gasteiger partial charge < -0.3 is 28.4 Å². The number of rotatable bonds is 19. The van der Waals surface area contributed by atoms with Crippen LogP contribution in [0, 0.1) is 11.6 Å². The molecule has 1 amide bonds. The van der Waals surface area contributed by atoms with Gasteiger partial charge in [-0.25, -0.2) is 18.4 Å². The number of carboxylic acid groups (broad SMARTS) is 1. The fourth-order valence-corrected chi connectivity index (χ4v) is 6.14. The Balaban J connectivity index is 2.24. The quantitative estimate of drug-likeness (QED) is 0.137. The predicted molar refractivity (Wildman–Crippen MR) is 134 cm³/mol. The summed E-state index contributed by atoms with van der Waals surface area (Å²) >= 11 is 0. The molecule has 1 rings (SSSR count). The Morgan fingerprint density at radius 3 is 2.17 bits per heavy atom. The van der Waals surface area contributed by atoms with Crippen LogP contribution in [0.4, 0.5) is 13.6 Å². The normalized spacial score (nSPS) is 12.0. The van der Waals surface area contributed by atoms with Crippen molar-refractivity contribution in [3.05, 3.63) is 41.0 Å². The van der Waals surface area contributed by atoms with Crippen LogP contribution < -0.4 is 5.32 Å². The lowest BCUT2D eigenvalue weighted by Crippen LogP contribution is -2.46. The lowest BCUT2D eigenvalue weighted by molar-refractivity contribution is -0.132. The van der Waals surface area contributed by atoms with Crippen molar-refractivity contribution in [3.63, 3.8) is 0 Å². The molecule has 0 unspecified atom stereocenters. The van der Waals surface area contributed by atoms with Crippen LogP contribution in [-0.2, 0) is 22.8 Å². The van der Waals surface area contributed by atoms with Crippen LogP contribution in [0.5, 0.6) is 0 Å². The molecule has 1 aromatic carbocycles. The zero-order chi connectivity index (χ0) is 26.8. The van der Waals surface area contributed by atoms with E-state index in [1.165, 1.54) is 12.1 Å². The summed E-state index contributed by atoms with van der Waals surface area (Å²) in [4.78, 5) is 23.3. The number of hydrogen-bond donors (Lipinski definition) is 2. The van der Waals surface area contributed by atoms with Gasteiger partial charge in [-0.05, 0) is 70.2 Å². The van der Waals surface area contributed by atoms with Gasteiger partial charge in [0.1, 0.15) is 0 Å². The van der Waals surface area contributed by atoms with Gasteiger partial charge in [-0.3, -0.25) is 0 Å². The molecule has 0 aliphatic rings. The molecule has 36 heavy (non-hydrogen) atoms. The molecule has 0 aliphatic carbocycles. The molecular formula is C25H39F2NO7Si. The Bertz CT molecular complexity index is 822. The molecular weight excluding hydrogens is 492 g/mol. The van der Waals surface area contributed by atoms with Gasteiger partial charge in [0.15, 0.2) is 11.6 Å². The predicted octanol–water partition coefficient (Wildman–Crippen LogP) is 5.55. The molecule has 1 aromatic rings. The average Bonchev–Trinajstić information content (AvgIpc) is 2.83. The van der Waals surface area contributed by atoms with Gasteiger partial charge in [-0.2, -0.15) is 0 Å². The minimum atomic E-state index is -2.72. The highest BCUT2D eigenvalue weighted by Crippen LogP contribution is 2.18. The maximum Gasteiger partial charge on any atom is 0.500 e. The van der Waals surface area contributed by atoms with Gasteiger partial charge in [-0.15, -0.1) is 0 Å². The Labute approximate surface area is 213 Å². The van der Waals surface area contributed by atoms with E-state index in [4.69, 9.17) is 18.0 Å². The number of carbonyl (C=O) groups excluding carboxylic acids is 1. The molecule has 0 heterocycles. The molecule has 0 saturated heterocycles. The summed E-state index contributed by atoms with van der Waals surface area (Å²) in [5.41, 5.74) is 0.425. The molecule has 2 N–H and O–H groups in total. The average molecular weight is 532 g/mol. The Hall–Kier alpha value is -2.34. The fourth-order valence-electron chi connectivity index (χ4n) is 3.53. The first-order valence-corrected chi connectivity index (χ1v) is 14.4. The molecule has 0 bridgehead atoms. The Morgan fingerprint density at radius 2 is 1.58 bits per heavy atom. The number of carbonyl (C=O) groups is 2. The maximum atomic E-state index is 13.3. The minimum Gasteiger partial charge on any atom is -0.478 e. The summed E-state index contributed by atoms with van der Waals surface area (Å²) in [6.07, 6.45) is 4.56. The first-order valence-electron chi connectivity index (χ1n) is 12.5. The first-order chi connectivity index (χ1) is 17.3. The van der Waals surface area contributed by atoms with Crippen molar-refractivity contribution in [2.24, 2.45) is 0 Å². The van der Waals surface area contributed by atoms with Crippen LogP contribution in [0.1, 0.15) is 64.9 Å². The lowest BCUT2D eigenvalue weighted by Gasteiger charge is -2.28. The number of aliphatic carboxylic acids is 1. The van der Waals surface area contributed by atoms with E-state index in [0.717, 1.165) is 25.0 Å². The van der Waals surface area contributed by atoms with Crippen LogP contribution in [0.15, 0.2) is 23.8 Å². The van der Waals surface area contributed by atoms with Crippen LogP contribution in [-0.4, -0.2) is 58.9 Å². The zero-order valence-electron chi connectivity index (χ0n) is 21.4. The summed E-state index contributed by atoms with van der Waals surface area (Å²) in [6.45, 7) is 7.88. The van der Waals surface area contributed by atoms with E-state index in [0.29, 0.717) is 63.7 Å². The summed E-state index contributed by atoms with van der Waals surface area (Å²) in [5, 5.41) is 12.1. The molecule has 204 valence electrons. The van der Waals surface area contributed by atoms with E-state index in [9.17, 15) is 23.5 Å². The maximum absolute atomic E-state index is 13.3. The van der Waals surface area contributed by atoms with Crippen molar-refractivity contribution in [2.75, 3.05) is 33.0 Å². The number of alkyl carbamates (subject to hydrolysis) is 1. The molecule has 11 heteroatoms. The van der Waals surface area contributed by atoms with Gasteiger partial charge >= 0.3 is 20.9 Å². The van der Waals surface area contributed by atoms with E-state index in [-0.39, 0.29) is 12.2 Å². The summed E-state index contributed by atoms with van der Waals surface area (Å²) in [6, 6.07) is 3.87. The first kappa shape index (κ1) is 31.7. The largest absolute Gasteiger partial charge is 0.500 e. The Kier molecular flexibility index (Phi) is 15.8. The topological polar surface area (TPSA) is 103 Å². The van der Waals surface area contributed by atoms with E-state index in [2.05, 4.69) is 5.32 Å². The van der Waals surface area contributed by atoms with Crippen LogP contribution in [0.25, 0.3) is 6.08 Å². The van der Waals surface area contributed by atoms with Gasteiger partial charge in [-0.1, -0.05) is 18.9 Å². The number of hydrogen-bond acceptors (Lipinski definition) is 6. The third-order valence-electron chi connectivity index (χ3n) is 5.15. The second kappa shape index (κ2) is 18.0. The number of carboxylic acids is 1. The number of unbranched alkanes of at least 4 members (excludes halogenated alkanes) is 3. The van der Waals surface area contributed by atoms with Crippen LogP contribution >= 0.6 is 0 Å². The molecule has 8 nitrogen and oxygen atoms in total. The second-order valence-electron chi connectivity index (χ2n) is 7.96. The van der Waals surface area contributed by atoms with Gasteiger partial charge in [0.2, 0.25) is 0 Å². The highest BCUT2D eigenvalue weighted by Gasteiger charge is 2.39. The highest BCUT2D eigenvalue weighted by atomic mass is 28.4. The number of amides is 1.